The Labute approximate surface area is 139 Å². The first-order valence-corrected chi connectivity index (χ1v) is 8.11. The summed E-state index contributed by atoms with van der Waals surface area (Å²) in [6.45, 7) is 8.97. The van der Waals surface area contributed by atoms with Gasteiger partial charge in [-0.25, -0.2) is 9.48 Å². The van der Waals surface area contributed by atoms with E-state index in [4.69, 9.17) is 0 Å². The van der Waals surface area contributed by atoms with E-state index in [0.29, 0.717) is 24.5 Å². The molecule has 3 rings (SSSR count). The van der Waals surface area contributed by atoms with Crippen molar-refractivity contribution in [1.29, 1.82) is 0 Å². The number of carbonyl (C=O) groups excluding carboxylic acids is 1. The molecule has 1 N–H and O–H groups in total. The number of carbonyl (C=O) groups is 1. The van der Waals surface area contributed by atoms with Gasteiger partial charge in [-0.05, 0) is 27.7 Å². The summed E-state index contributed by atoms with van der Waals surface area (Å²) < 4.78 is 1.83. The van der Waals surface area contributed by atoms with E-state index >= 15 is 0 Å². The molecule has 0 atom stereocenters. The van der Waals surface area contributed by atoms with Crippen LogP contribution in [0.5, 0.6) is 0 Å². The van der Waals surface area contributed by atoms with E-state index in [9.17, 15) is 9.59 Å². The van der Waals surface area contributed by atoms with Gasteiger partial charge in [0.15, 0.2) is 0 Å². The molecule has 24 heavy (non-hydrogen) atoms. The lowest BCUT2D eigenvalue weighted by Gasteiger charge is -2.38. The summed E-state index contributed by atoms with van der Waals surface area (Å²) in [6, 6.07) is 0.280. The van der Waals surface area contributed by atoms with Crippen LogP contribution in [0.25, 0.3) is 0 Å². The van der Waals surface area contributed by atoms with Crippen LogP contribution < -0.4 is 5.69 Å². The lowest BCUT2D eigenvalue weighted by Crippen LogP contribution is -2.49. The van der Waals surface area contributed by atoms with Gasteiger partial charge in [-0.2, -0.15) is 4.98 Å². The molecule has 0 aliphatic carbocycles. The molecule has 0 saturated carbocycles. The van der Waals surface area contributed by atoms with Crippen molar-refractivity contribution in [3.8, 4) is 0 Å². The summed E-state index contributed by atoms with van der Waals surface area (Å²) >= 11 is 0. The Hall–Kier alpha value is -2.51. The average Bonchev–Trinajstić information content (AvgIpc) is 2.91. The zero-order valence-corrected chi connectivity index (χ0v) is 14.4. The Morgan fingerprint density at radius 1 is 1.38 bits per heavy atom. The van der Waals surface area contributed by atoms with Gasteiger partial charge in [0.2, 0.25) is 5.91 Å². The van der Waals surface area contributed by atoms with Gasteiger partial charge in [-0.3, -0.25) is 4.79 Å². The molecule has 0 aromatic carbocycles. The van der Waals surface area contributed by atoms with Crippen molar-refractivity contribution in [2.75, 3.05) is 13.1 Å². The maximum atomic E-state index is 12.4. The van der Waals surface area contributed by atoms with Crippen LogP contribution in [-0.2, 0) is 11.2 Å². The number of amides is 1. The highest BCUT2D eigenvalue weighted by Gasteiger charge is 2.34. The van der Waals surface area contributed by atoms with Crippen LogP contribution in [0.2, 0.25) is 0 Å². The van der Waals surface area contributed by atoms with E-state index in [-0.39, 0.29) is 30.0 Å². The van der Waals surface area contributed by atoms with Crippen molar-refractivity contribution in [3.05, 3.63) is 39.3 Å². The van der Waals surface area contributed by atoms with E-state index in [1.165, 1.54) is 0 Å². The number of aromatic nitrogens is 5. The zero-order valence-electron chi connectivity index (χ0n) is 14.4. The number of rotatable bonds is 4. The Balaban J connectivity index is 1.62. The quantitative estimate of drug-likeness (QED) is 0.891. The van der Waals surface area contributed by atoms with Gasteiger partial charge in [0, 0.05) is 48.2 Å². The topological polar surface area (TPSA) is 96.8 Å². The summed E-state index contributed by atoms with van der Waals surface area (Å²) in [5, 5.41) is 8.31. The number of aryl methyl sites for hydroxylation is 2. The van der Waals surface area contributed by atoms with Crippen molar-refractivity contribution in [3.63, 3.8) is 0 Å². The maximum Gasteiger partial charge on any atom is 0.345 e. The summed E-state index contributed by atoms with van der Waals surface area (Å²) in [4.78, 5) is 32.1. The highest BCUT2D eigenvalue weighted by molar-refractivity contribution is 5.80. The van der Waals surface area contributed by atoms with Gasteiger partial charge < -0.3 is 9.88 Å². The van der Waals surface area contributed by atoms with Crippen LogP contribution in [0.4, 0.5) is 0 Å². The molecular formula is C16H22N6O2. The van der Waals surface area contributed by atoms with Gasteiger partial charge in [-0.15, -0.1) is 5.10 Å². The summed E-state index contributed by atoms with van der Waals surface area (Å²) in [7, 11) is 0. The summed E-state index contributed by atoms with van der Waals surface area (Å²) in [5.74, 6) is 0.292. The minimum absolute atomic E-state index is 0.0440. The third-order valence-electron chi connectivity index (χ3n) is 4.49. The third kappa shape index (κ3) is 3.08. The van der Waals surface area contributed by atoms with E-state index < -0.39 is 0 Å². The molecule has 0 unspecified atom stereocenters. The Bertz CT molecular complexity index is 790. The number of hydrogen-bond acceptors (Lipinski definition) is 5. The maximum absolute atomic E-state index is 12.4. The van der Waals surface area contributed by atoms with Gasteiger partial charge in [0.1, 0.15) is 0 Å². The second-order valence-corrected chi connectivity index (χ2v) is 6.62. The molecular weight excluding hydrogens is 308 g/mol. The van der Waals surface area contributed by atoms with Crippen LogP contribution in [-0.4, -0.2) is 48.9 Å². The minimum atomic E-state index is -0.376. The van der Waals surface area contributed by atoms with Gasteiger partial charge >= 0.3 is 5.69 Å². The first-order chi connectivity index (χ1) is 11.3. The standard InChI is InChI=1S/C16H22N6O2/c1-9(2)22-8-14(19-20-22)12-6-21(7-12)15(23)5-13-10(3)17-16(24)18-11(13)4/h8-9,12H,5-7H2,1-4H3,(H,17,18,24). The molecule has 8 nitrogen and oxygen atoms in total. The second-order valence-electron chi connectivity index (χ2n) is 6.62. The van der Waals surface area contributed by atoms with Crippen LogP contribution in [0, 0.1) is 13.8 Å². The smallest absolute Gasteiger partial charge is 0.341 e. The van der Waals surface area contributed by atoms with E-state index in [0.717, 1.165) is 11.3 Å². The molecule has 1 aliphatic heterocycles. The van der Waals surface area contributed by atoms with E-state index in [1.54, 1.807) is 13.8 Å². The fourth-order valence-electron chi connectivity index (χ4n) is 2.88. The SMILES string of the molecule is Cc1nc(=O)[nH]c(C)c1CC(=O)N1CC(c2cn(C(C)C)nn2)C1. The Morgan fingerprint density at radius 2 is 2.08 bits per heavy atom. The lowest BCUT2D eigenvalue weighted by molar-refractivity contribution is -0.134. The molecule has 128 valence electrons. The molecule has 0 spiro atoms. The highest BCUT2D eigenvalue weighted by atomic mass is 16.2. The van der Waals surface area contributed by atoms with Crippen LogP contribution in [0.1, 0.15) is 48.5 Å². The molecule has 3 heterocycles. The Morgan fingerprint density at radius 3 is 2.67 bits per heavy atom. The van der Waals surface area contributed by atoms with E-state index in [1.807, 2.05) is 15.8 Å². The predicted molar refractivity (Wildman–Crippen MR) is 87.8 cm³/mol. The molecule has 0 bridgehead atoms. The number of nitrogens with zero attached hydrogens (tertiary/aromatic N) is 5. The fourth-order valence-corrected chi connectivity index (χ4v) is 2.88. The Kier molecular flexibility index (Phi) is 4.21. The van der Waals surface area contributed by atoms with Crippen molar-refractivity contribution < 1.29 is 4.79 Å². The predicted octanol–water partition coefficient (Wildman–Crippen LogP) is 0.728. The van der Waals surface area contributed by atoms with Crippen molar-refractivity contribution in [2.24, 2.45) is 0 Å². The van der Waals surface area contributed by atoms with Gasteiger partial charge in [-0.1, -0.05) is 5.21 Å². The first kappa shape index (κ1) is 16.4. The first-order valence-electron chi connectivity index (χ1n) is 8.11. The van der Waals surface area contributed by atoms with Crippen LogP contribution >= 0.6 is 0 Å². The van der Waals surface area contributed by atoms with E-state index in [2.05, 4.69) is 34.1 Å². The monoisotopic (exact) mass is 330 g/mol. The van der Waals surface area contributed by atoms with Crippen molar-refractivity contribution >= 4 is 5.91 Å². The fraction of sp³-hybridized carbons (Fsp3) is 0.562. The summed E-state index contributed by atoms with van der Waals surface area (Å²) in [6.07, 6.45) is 2.21. The highest BCUT2D eigenvalue weighted by Crippen LogP contribution is 2.26. The molecule has 1 aliphatic rings. The van der Waals surface area contributed by atoms with Crippen LogP contribution in [0.3, 0.4) is 0 Å². The molecule has 1 amide bonds. The molecule has 1 fully saturated rings. The third-order valence-corrected chi connectivity index (χ3v) is 4.49. The molecule has 2 aromatic rings. The largest absolute Gasteiger partial charge is 0.345 e. The molecule has 2 aromatic heterocycles. The minimum Gasteiger partial charge on any atom is -0.341 e. The normalized spacial score (nSPS) is 15.0. The van der Waals surface area contributed by atoms with Crippen molar-refractivity contribution in [2.45, 2.75) is 46.1 Å². The number of hydrogen-bond donors (Lipinski definition) is 1. The number of nitrogens with one attached hydrogen (secondary N) is 1. The van der Waals surface area contributed by atoms with Gasteiger partial charge in [0.05, 0.1) is 12.1 Å². The van der Waals surface area contributed by atoms with Gasteiger partial charge in [0.25, 0.3) is 0 Å². The molecule has 8 heteroatoms. The second kappa shape index (κ2) is 6.18. The number of likely N-dealkylation sites (tertiary alicyclic amines) is 1. The molecule has 0 radical (unpaired) electrons. The number of H-pyrrole nitrogens is 1. The van der Waals surface area contributed by atoms with Crippen LogP contribution in [0.15, 0.2) is 11.0 Å². The number of aromatic amines is 1. The summed E-state index contributed by atoms with van der Waals surface area (Å²) in [5.41, 5.74) is 2.68. The molecule has 1 saturated heterocycles. The average molecular weight is 330 g/mol. The zero-order chi connectivity index (χ0) is 17.4. The lowest BCUT2D eigenvalue weighted by atomic mass is 9.95. The van der Waals surface area contributed by atoms with Crippen molar-refractivity contribution in [1.82, 2.24) is 29.9 Å².